The summed E-state index contributed by atoms with van der Waals surface area (Å²) >= 11 is 4.80. The van der Waals surface area contributed by atoms with Gasteiger partial charge < -0.3 is 9.88 Å². The Morgan fingerprint density at radius 2 is 1.88 bits per heavy atom. The van der Waals surface area contributed by atoms with E-state index in [-0.39, 0.29) is 23.2 Å². The number of halogens is 1. The van der Waals surface area contributed by atoms with Gasteiger partial charge in [-0.25, -0.2) is 0 Å². The van der Waals surface area contributed by atoms with Gasteiger partial charge in [-0.2, -0.15) is 17.0 Å². The molecule has 2 aromatic rings. The van der Waals surface area contributed by atoms with Crippen molar-refractivity contribution in [2.75, 3.05) is 31.1 Å². The van der Waals surface area contributed by atoms with Crippen LogP contribution in [-0.2, 0) is 22.7 Å². The second-order valence-electron chi connectivity index (χ2n) is 8.77. The van der Waals surface area contributed by atoms with Gasteiger partial charge >= 0.3 is 0 Å². The highest BCUT2D eigenvalue weighted by Crippen LogP contribution is 2.40. The fraction of sp³-hybridized carbons (Fsp3) is 0.435. The Bertz CT molecular complexity index is 1150. The number of pyridine rings is 1. The molecular formula is C23H26FN5O3S. The molecule has 0 bridgehead atoms. The van der Waals surface area contributed by atoms with E-state index < -0.39 is 11.4 Å². The number of thiol groups is 1. The largest absolute Gasteiger partial charge is 0.366 e. The van der Waals surface area contributed by atoms with Crippen molar-refractivity contribution in [2.45, 2.75) is 37.3 Å². The summed E-state index contributed by atoms with van der Waals surface area (Å²) in [4.78, 5) is 44.2. The van der Waals surface area contributed by atoms with E-state index in [0.29, 0.717) is 38.2 Å². The molecule has 33 heavy (non-hydrogen) atoms. The summed E-state index contributed by atoms with van der Waals surface area (Å²) < 4.78 is 14.2. The highest BCUT2D eigenvalue weighted by Gasteiger charge is 2.39. The minimum Gasteiger partial charge on any atom is -0.366 e. The predicted molar refractivity (Wildman–Crippen MR) is 124 cm³/mol. The first-order valence-corrected chi connectivity index (χ1v) is 11.7. The van der Waals surface area contributed by atoms with Crippen LogP contribution in [0, 0.1) is 5.82 Å². The third-order valence-electron chi connectivity index (χ3n) is 6.84. The molecule has 174 valence electrons. The molecule has 2 atom stereocenters. The number of nitrogens with zero attached hydrogens (tertiary/aromatic N) is 3. The van der Waals surface area contributed by atoms with Crippen LogP contribution in [0.5, 0.6) is 0 Å². The minimum atomic E-state index is -0.736. The molecule has 8 nitrogen and oxygen atoms in total. The van der Waals surface area contributed by atoms with Crippen LogP contribution >= 0.6 is 12.6 Å². The second kappa shape index (κ2) is 8.92. The van der Waals surface area contributed by atoms with Crippen molar-refractivity contribution in [1.82, 2.24) is 20.1 Å². The molecule has 5 rings (SSSR count). The number of hydrogen-bond acceptors (Lipinski definition) is 7. The Labute approximate surface area is 196 Å². The number of amides is 2. The quantitative estimate of drug-likeness (QED) is 0.461. The molecule has 0 radical (unpaired) electrons. The van der Waals surface area contributed by atoms with Crippen LogP contribution < -0.4 is 15.8 Å². The third kappa shape index (κ3) is 4.18. The van der Waals surface area contributed by atoms with Gasteiger partial charge in [0, 0.05) is 51.9 Å². The van der Waals surface area contributed by atoms with Gasteiger partial charge in [0.05, 0.1) is 17.1 Å². The number of aromatic nitrogens is 1. The Balaban J connectivity index is 1.27. The summed E-state index contributed by atoms with van der Waals surface area (Å²) in [5, 5.41) is 2.25. The van der Waals surface area contributed by atoms with Gasteiger partial charge in [0.2, 0.25) is 17.6 Å². The molecule has 2 N–H and O–H groups in total. The molecule has 2 fully saturated rings. The number of fused-ring (bicyclic) bond motifs is 1. The van der Waals surface area contributed by atoms with E-state index in [1.54, 1.807) is 6.07 Å². The fourth-order valence-electron chi connectivity index (χ4n) is 5.05. The second-order valence-corrected chi connectivity index (χ2v) is 9.26. The number of carbonyl (C=O) groups is 2. The van der Waals surface area contributed by atoms with Crippen molar-refractivity contribution < 1.29 is 14.0 Å². The molecule has 2 amide bonds. The molecule has 0 saturated carbocycles. The first kappa shape index (κ1) is 22.1. The lowest BCUT2D eigenvalue weighted by molar-refractivity contribution is -0.137. The maximum Gasteiger partial charge on any atom is 0.286 e. The van der Waals surface area contributed by atoms with Crippen LogP contribution in [0.3, 0.4) is 0 Å². The number of nitrogens with one attached hydrogen (secondary N) is 2. The van der Waals surface area contributed by atoms with Crippen molar-refractivity contribution in [3.05, 3.63) is 63.3 Å². The number of aromatic amines is 1. The van der Waals surface area contributed by atoms with Crippen LogP contribution in [0.2, 0.25) is 0 Å². The van der Waals surface area contributed by atoms with Gasteiger partial charge in [-0.15, -0.1) is 0 Å². The minimum absolute atomic E-state index is 0.195. The topological polar surface area (TPSA) is 88.8 Å². The average molecular weight is 472 g/mol. The van der Waals surface area contributed by atoms with Gasteiger partial charge in [0.1, 0.15) is 0 Å². The lowest BCUT2D eigenvalue weighted by Gasteiger charge is -2.36. The highest BCUT2D eigenvalue weighted by atomic mass is 32.1. The number of imide groups is 1. The Morgan fingerprint density at radius 1 is 1.09 bits per heavy atom. The number of benzene rings is 1. The van der Waals surface area contributed by atoms with E-state index in [4.69, 9.17) is 12.6 Å². The summed E-state index contributed by atoms with van der Waals surface area (Å²) in [5.41, 5.74) is 3.13. The zero-order valence-corrected chi connectivity index (χ0v) is 19.0. The predicted octanol–water partition coefficient (Wildman–Crippen LogP) is 1.39. The molecule has 0 aliphatic carbocycles. The fourth-order valence-corrected chi connectivity index (χ4v) is 5.53. The normalized spacial score (nSPS) is 24.1. The molecule has 2 saturated heterocycles. The molecule has 1 aromatic carbocycles. The molecule has 0 spiro atoms. The standard InChI is InChI=1S/C23H26FN5O3S/c24-20-17(6-7-25-22(20)32)28-10-8-27(9-11-28)12-14-2-1-3-15-16(14)13-29(23(15)33)18-4-5-19(30)26-21(18)31/h1-3,6-7,18,23,33H,4-5,8-13H2,(H,25,32)(H,26,30,31). The van der Waals surface area contributed by atoms with Crippen molar-refractivity contribution >= 4 is 30.1 Å². The van der Waals surface area contributed by atoms with Crippen LogP contribution in [0.15, 0.2) is 35.3 Å². The Hall–Kier alpha value is -2.69. The molecule has 1 aromatic heterocycles. The number of piperazine rings is 1. The van der Waals surface area contributed by atoms with E-state index in [0.717, 1.165) is 25.2 Å². The van der Waals surface area contributed by atoms with E-state index in [1.165, 1.54) is 17.3 Å². The maximum absolute atomic E-state index is 14.2. The van der Waals surface area contributed by atoms with Gasteiger partial charge in [-0.05, 0) is 29.2 Å². The first-order valence-electron chi connectivity index (χ1n) is 11.1. The van der Waals surface area contributed by atoms with Crippen molar-refractivity contribution in [3.63, 3.8) is 0 Å². The zero-order chi connectivity index (χ0) is 23.1. The van der Waals surface area contributed by atoms with Crippen molar-refractivity contribution in [2.24, 2.45) is 0 Å². The molecule has 10 heteroatoms. The van der Waals surface area contributed by atoms with E-state index in [1.807, 2.05) is 11.0 Å². The van der Waals surface area contributed by atoms with Gasteiger partial charge in [0.15, 0.2) is 0 Å². The van der Waals surface area contributed by atoms with Gasteiger partial charge in [0.25, 0.3) is 5.56 Å². The number of hydrogen-bond donors (Lipinski definition) is 3. The van der Waals surface area contributed by atoms with E-state index >= 15 is 0 Å². The van der Waals surface area contributed by atoms with Crippen molar-refractivity contribution in [3.8, 4) is 0 Å². The van der Waals surface area contributed by atoms with E-state index in [9.17, 15) is 18.8 Å². The maximum atomic E-state index is 14.2. The monoisotopic (exact) mass is 471 g/mol. The first-order chi connectivity index (χ1) is 15.9. The van der Waals surface area contributed by atoms with Crippen LogP contribution in [0.1, 0.15) is 34.9 Å². The lowest BCUT2D eigenvalue weighted by atomic mass is 10.0. The summed E-state index contributed by atoms with van der Waals surface area (Å²) in [7, 11) is 0. The SMILES string of the molecule is O=C1CCC(N2Cc3c(CN4CCN(c5cc[nH]c(=O)c5F)CC4)cccc3C2S)C(=O)N1. The number of anilines is 1. The number of rotatable bonds is 4. The lowest BCUT2D eigenvalue weighted by Crippen LogP contribution is -2.51. The summed E-state index contributed by atoms with van der Waals surface area (Å²) in [6, 6.07) is 7.42. The molecular weight excluding hydrogens is 445 g/mol. The molecule has 2 unspecified atom stereocenters. The summed E-state index contributed by atoms with van der Waals surface area (Å²) in [6.45, 7) is 4.12. The number of H-pyrrole nitrogens is 1. The summed E-state index contributed by atoms with van der Waals surface area (Å²) in [5.74, 6) is -1.20. The zero-order valence-electron chi connectivity index (χ0n) is 18.1. The molecule has 4 heterocycles. The van der Waals surface area contributed by atoms with Crippen LogP contribution in [0.25, 0.3) is 0 Å². The van der Waals surface area contributed by atoms with Crippen molar-refractivity contribution in [1.29, 1.82) is 0 Å². The average Bonchev–Trinajstić information content (AvgIpc) is 3.14. The Morgan fingerprint density at radius 3 is 2.64 bits per heavy atom. The molecule has 3 aliphatic heterocycles. The van der Waals surface area contributed by atoms with Gasteiger partial charge in [-0.1, -0.05) is 18.2 Å². The third-order valence-corrected chi connectivity index (χ3v) is 7.41. The molecule has 3 aliphatic rings. The Kier molecular flexibility index (Phi) is 5.98. The number of piperidine rings is 1. The van der Waals surface area contributed by atoms with Crippen LogP contribution in [0.4, 0.5) is 10.1 Å². The van der Waals surface area contributed by atoms with Gasteiger partial charge in [-0.3, -0.25) is 29.5 Å². The summed E-state index contributed by atoms with van der Waals surface area (Å²) in [6.07, 6.45) is 2.32. The smallest absolute Gasteiger partial charge is 0.286 e. The highest BCUT2D eigenvalue weighted by molar-refractivity contribution is 7.80. The van der Waals surface area contributed by atoms with Crippen LogP contribution in [-0.4, -0.2) is 58.8 Å². The number of carbonyl (C=O) groups excluding carboxylic acids is 2. The van der Waals surface area contributed by atoms with E-state index in [2.05, 4.69) is 32.2 Å².